The maximum absolute atomic E-state index is 12.4. The SMILES string of the molecule is NCCCCCCC(O)N1C(=O)C/C(=C\c2ccccc2O)C1=O. The summed E-state index contributed by atoms with van der Waals surface area (Å²) in [7, 11) is 0. The Morgan fingerprint density at radius 2 is 1.88 bits per heavy atom. The van der Waals surface area contributed by atoms with Crippen molar-refractivity contribution in [1.29, 1.82) is 0 Å². The number of aliphatic hydroxyl groups is 1. The monoisotopic (exact) mass is 332 g/mol. The summed E-state index contributed by atoms with van der Waals surface area (Å²) in [5.74, 6) is -0.849. The standard InChI is InChI=1S/C18H24N2O4/c19-10-6-2-1-3-9-16(22)20-17(23)12-14(18(20)24)11-13-7-4-5-8-15(13)21/h4-5,7-8,11,16,21-22H,1-3,6,9-10,12,19H2/b14-11+. The predicted molar refractivity (Wildman–Crippen MR) is 90.7 cm³/mol. The highest BCUT2D eigenvalue weighted by atomic mass is 16.3. The Bertz CT molecular complexity index is 627. The van der Waals surface area contributed by atoms with Crippen molar-refractivity contribution in [1.82, 2.24) is 4.90 Å². The maximum atomic E-state index is 12.4. The molecule has 0 radical (unpaired) electrons. The van der Waals surface area contributed by atoms with E-state index >= 15 is 0 Å². The Balaban J connectivity index is 1.99. The van der Waals surface area contributed by atoms with E-state index < -0.39 is 18.0 Å². The first-order valence-corrected chi connectivity index (χ1v) is 8.27. The Kier molecular flexibility index (Phi) is 6.52. The number of phenolic OH excluding ortho intramolecular Hbond substituents is 1. The van der Waals surface area contributed by atoms with Gasteiger partial charge in [-0.25, -0.2) is 0 Å². The summed E-state index contributed by atoms with van der Waals surface area (Å²) in [6, 6.07) is 6.60. The molecule has 1 aromatic rings. The van der Waals surface area contributed by atoms with E-state index in [1.54, 1.807) is 18.2 Å². The molecule has 1 saturated heterocycles. The van der Waals surface area contributed by atoms with Gasteiger partial charge in [-0.05, 0) is 37.9 Å². The third-order valence-electron chi connectivity index (χ3n) is 4.08. The van der Waals surface area contributed by atoms with Gasteiger partial charge in [0.05, 0.1) is 6.42 Å². The molecule has 6 nitrogen and oxygen atoms in total. The molecule has 1 atom stereocenters. The van der Waals surface area contributed by atoms with Gasteiger partial charge in [-0.15, -0.1) is 0 Å². The smallest absolute Gasteiger partial charge is 0.259 e. The van der Waals surface area contributed by atoms with Gasteiger partial charge in [-0.3, -0.25) is 14.5 Å². The number of carbonyl (C=O) groups excluding carboxylic acids is 2. The molecule has 0 aliphatic carbocycles. The Morgan fingerprint density at radius 3 is 2.58 bits per heavy atom. The molecule has 0 aromatic heterocycles. The second-order valence-electron chi connectivity index (χ2n) is 5.95. The van der Waals surface area contributed by atoms with Crippen molar-refractivity contribution >= 4 is 17.9 Å². The lowest BCUT2D eigenvalue weighted by Crippen LogP contribution is -2.39. The maximum Gasteiger partial charge on any atom is 0.259 e. The van der Waals surface area contributed by atoms with Crippen LogP contribution in [0.2, 0.25) is 0 Å². The van der Waals surface area contributed by atoms with E-state index in [0.717, 1.165) is 30.6 Å². The van der Waals surface area contributed by atoms with Gasteiger partial charge in [0.25, 0.3) is 5.91 Å². The summed E-state index contributed by atoms with van der Waals surface area (Å²) in [6.07, 6.45) is 4.27. The van der Waals surface area contributed by atoms with E-state index in [0.29, 0.717) is 18.5 Å². The van der Waals surface area contributed by atoms with Crippen molar-refractivity contribution in [2.24, 2.45) is 5.73 Å². The molecule has 130 valence electrons. The van der Waals surface area contributed by atoms with Gasteiger partial charge < -0.3 is 15.9 Å². The van der Waals surface area contributed by atoms with Crippen LogP contribution >= 0.6 is 0 Å². The molecule has 1 aliphatic rings. The fourth-order valence-corrected chi connectivity index (χ4v) is 2.76. The van der Waals surface area contributed by atoms with Crippen LogP contribution in [0, 0.1) is 0 Å². The molecular weight excluding hydrogens is 308 g/mol. The second-order valence-corrected chi connectivity index (χ2v) is 5.95. The van der Waals surface area contributed by atoms with Gasteiger partial charge in [0.2, 0.25) is 5.91 Å². The second kappa shape index (κ2) is 8.61. The van der Waals surface area contributed by atoms with Crippen LogP contribution in [-0.2, 0) is 9.59 Å². The highest BCUT2D eigenvalue weighted by Gasteiger charge is 2.37. The van der Waals surface area contributed by atoms with Crippen molar-refractivity contribution in [3.05, 3.63) is 35.4 Å². The molecule has 1 aliphatic heterocycles. The van der Waals surface area contributed by atoms with Crippen molar-refractivity contribution in [2.75, 3.05) is 6.54 Å². The third kappa shape index (κ3) is 4.43. The number of rotatable bonds is 8. The molecule has 4 N–H and O–H groups in total. The molecule has 0 spiro atoms. The average molecular weight is 332 g/mol. The zero-order valence-electron chi connectivity index (χ0n) is 13.6. The van der Waals surface area contributed by atoms with Crippen molar-refractivity contribution < 1.29 is 19.8 Å². The number of nitrogens with zero attached hydrogens (tertiary/aromatic N) is 1. The number of nitrogens with two attached hydrogens (primary N) is 1. The summed E-state index contributed by atoms with van der Waals surface area (Å²) in [4.78, 5) is 25.4. The minimum atomic E-state index is -1.10. The lowest BCUT2D eigenvalue weighted by Gasteiger charge is -2.20. The van der Waals surface area contributed by atoms with Gasteiger partial charge in [-0.2, -0.15) is 0 Å². The first-order chi connectivity index (χ1) is 11.5. The van der Waals surface area contributed by atoms with Crippen molar-refractivity contribution in [3.63, 3.8) is 0 Å². The predicted octanol–water partition coefficient (Wildman–Crippen LogP) is 1.76. The summed E-state index contributed by atoms with van der Waals surface area (Å²) in [5, 5.41) is 19.9. The van der Waals surface area contributed by atoms with Gasteiger partial charge in [0.1, 0.15) is 12.0 Å². The minimum absolute atomic E-state index is 0.0455. The number of hydrogen-bond acceptors (Lipinski definition) is 5. The Morgan fingerprint density at radius 1 is 1.17 bits per heavy atom. The van der Waals surface area contributed by atoms with Crippen LogP contribution in [0.3, 0.4) is 0 Å². The quantitative estimate of drug-likeness (QED) is 0.382. The van der Waals surface area contributed by atoms with E-state index in [-0.39, 0.29) is 17.7 Å². The first kappa shape index (κ1) is 18.2. The largest absolute Gasteiger partial charge is 0.507 e. The van der Waals surface area contributed by atoms with Crippen molar-refractivity contribution in [2.45, 2.75) is 44.8 Å². The molecule has 2 amide bonds. The normalized spacial score (nSPS) is 17.8. The zero-order valence-corrected chi connectivity index (χ0v) is 13.6. The van der Waals surface area contributed by atoms with E-state index in [9.17, 15) is 19.8 Å². The number of hydrogen-bond donors (Lipinski definition) is 3. The van der Waals surface area contributed by atoms with Crippen LogP contribution in [0.1, 0.15) is 44.1 Å². The van der Waals surface area contributed by atoms with Gasteiger partial charge >= 0.3 is 0 Å². The topological polar surface area (TPSA) is 104 Å². The fourth-order valence-electron chi connectivity index (χ4n) is 2.76. The van der Waals surface area contributed by atoms with E-state index in [1.807, 2.05) is 0 Å². The van der Waals surface area contributed by atoms with Crippen molar-refractivity contribution in [3.8, 4) is 5.75 Å². The molecule has 24 heavy (non-hydrogen) atoms. The van der Waals surface area contributed by atoms with Crippen LogP contribution in [-0.4, -0.2) is 39.7 Å². The van der Waals surface area contributed by atoms with Crippen LogP contribution < -0.4 is 5.73 Å². The highest BCUT2D eigenvalue weighted by molar-refractivity contribution is 6.15. The number of unbranched alkanes of at least 4 members (excludes halogenated alkanes) is 3. The molecular formula is C18H24N2O4. The van der Waals surface area contributed by atoms with Crippen LogP contribution in [0.25, 0.3) is 6.08 Å². The van der Waals surface area contributed by atoms with Gasteiger partial charge in [0, 0.05) is 11.1 Å². The van der Waals surface area contributed by atoms with Gasteiger partial charge in [-0.1, -0.05) is 31.0 Å². The average Bonchev–Trinajstić information content (AvgIpc) is 2.83. The summed E-state index contributed by atoms with van der Waals surface area (Å²) in [5.41, 5.74) is 6.18. The summed E-state index contributed by atoms with van der Waals surface area (Å²) >= 11 is 0. The zero-order chi connectivity index (χ0) is 17.5. The van der Waals surface area contributed by atoms with Crippen LogP contribution in [0.5, 0.6) is 5.75 Å². The van der Waals surface area contributed by atoms with E-state index in [1.165, 1.54) is 12.1 Å². The number of likely N-dealkylation sites (tertiary alicyclic amines) is 1. The first-order valence-electron chi connectivity index (χ1n) is 8.27. The molecule has 1 heterocycles. The summed E-state index contributed by atoms with van der Waals surface area (Å²) < 4.78 is 0. The summed E-state index contributed by atoms with van der Waals surface area (Å²) in [6.45, 7) is 0.645. The molecule has 0 bridgehead atoms. The Labute approximate surface area is 141 Å². The fraction of sp³-hybridized carbons (Fsp3) is 0.444. The van der Waals surface area contributed by atoms with Crippen LogP contribution in [0.4, 0.5) is 0 Å². The number of amides is 2. The molecule has 1 aromatic carbocycles. The minimum Gasteiger partial charge on any atom is -0.507 e. The number of aromatic hydroxyl groups is 1. The number of phenols is 1. The lowest BCUT2D eigenvalue weighted by atomic mass is 10.1. The van der Waals surface area contributed by atoms with Gasteiger partial charge in [0.15, 0.2) is 0 Å². The third-order valence-corrected chi connectivity index (χ3v) is 4.08. The number of imide groups is 1. The van der Waals surface area contributed by atoms with E-state index in [2.05, 4.69) is 0 Å². The van der Waals surface area contributed by atoms with Crippen LogP contribution in [0.15, 0.2) is 29.8 Å². The molecule has 6 heteroatoms. The Hall–Kier alpha value is -2.18. The number of para-hydroxylation sites is 1. The highest BCUT2D eigenvalue weighted by Crippen LogP contribution is 2.27. The number of carbonyl (C=O) groups is 2. The molecule has 1 unspecified atom stereocenters. The lowest BCUT2D eigenvalue weighted by molar-refractivity contribution is -0.148. The molecule has 1 fully saturated rings. The number of benzene rings is 1. The number of aliphatic hydroxyl groups excluding tert-OH is 1. The molecule has 0 saturated carbocycles. The van der Waals surface area contributed by atoms with E-state index in [4.69, 9.17) is 5.73 Å². The molecule has 2 rings (SSSR count).